The molecule has 0 saturated carbocycles. The van der Waals surface area contributed by atoms with Crippen molar-refractivity contribution in [3.8, 4) is 17.2 Å². The van der Waals surface area contributed by atoms with Gasteiger partial charge in [-0.3, -0.25) is 4.79 Å². The van der Waals surface area contributed by atoms with Crippen LogP contribution in [0.5, 0.6) is 17.2 Å². The molecule has 0 aliphatic heterocycles. The van der Waals surface area contributed by atoms with Crippen molar-refractivity contribution in [3.63, 3.8) is 0 Å². The Labute approximate surface area is 143 Å². The second-order valence-corrected chi connectivity index (χ2v) is 5.54. The molecule has 4 N–H and O–H groups in total. The molecule has 0 bridgehead atoms. The van der Waals surface area contributed by atoms with Gasteiger partial charge < -0.3 is 25.3 Å². The molecule has 1 heterocycles. The van der Waals surface area contributed by atoms with E-state index in [4.69, 9.17) is 19.9 Å². The lowest BCUT2D eigenvalue weighted by Crippen LogP contribution is -2.24. The quantitative estimate of drug-likeness (QED) is 0.596. The number of ether oxygens (including phenoxy) is 3. The molecule has 0 aliphatic carbocycles. The van der Waals surface area contributed by atoms with Crippen LogP contribution in [0.3, 0.4) is 0 Å². The van der Waals surface area contributed by atoms with Crippen LogP contribution in [0.15, 0.2) is 17.3 Å². The molecular formula is C14H19N5O4S. The molecule has 0 spiro atoms. The number of rotatable bonds is 8. The minimum atomic E-state index is -0.155. The molecule has 1 aromatic carbocycles. The van der Waals surface area contributed by atoms with E-state index in [0.717, 1.165) is 5.56 Å². The summed E-state index contributed by atoms with van der Waals surface area (Å²) in [5.41, 5.74) is 6.25. The van der Waals surface area contributed by atoms with Gasteiger partial charge in [0.25, 0.3) is 0 Å². The monoisotopic (exact) mass is 353 g/mol. The zero-order valence-corrected chi connectivity index (χ0v) is 14.4. The fourth-order valence-corrected chi connectivity index (χ4v) is 2.58. The third-order valence-corrected chi connectivity index (χ3v) is 3.88. The Bertz CT molecular complexity index is 681. The number of carbonyl (C=O) groups is 1. The summed E-state index contributed by atoms with van der Waals surface area (Å²) >= 11 is 1.19. The van der Waals surface area contributed by atoms with Gasteiger partial charge in [-0.1, -0.05) is 11.8 Å². The highest BCUT2D eigenvalue weighted by Gasteiger charge is 2.14. The van der Waals surface area contributed by atoms with Gasteiger partial charge in [0.2, 0.25) is 22.8 Å². The second kappa shape index (κ2) is 8.29. The van der Waals surface area contributed by atoms with Crippen molar-refractivity contribution < 1.29 is 19.0 Å². The van der Waals surface area contributed by atoms with Crippen molar-refractivity contribution in [1.82, 2.24) is 20.5 Å². The van der Waals surface area contributed by atoms with E-state index in [1.54, 1.807) is 26.4 Å². The molecule has 1 amide bonds. The van der Waals surface area contributed by atoms with Gasteiger partial charge in [-0.05, 0) is 17.7 Å². The third kappa shape index (κ3) is 4.44. The van der Waals surface area contributed by atoms with E-state index >= 15 is 0 Å². The molecule has 130 valence electrons. The summed E-state index contributed by atoms with van der Waals surface area (Å²) in [4.78, 5) is 15.8. The summed E-state index contributed by atoms with van der Waals surface area (Å²) in [6.07, 6.45) is 0. The van der Waals surface area contributed by atoms with Gasteiger partial charge in [0.15, 0.2) is 11.5 Å². The Morgan fingerprint density at radius 1 is 1.25 bits per heavy atom. The Kier molecular flexibility index (Phi) is 6.13. The van der Waals surface area contributed by atoms with Crippen molar-refractivity contribution in [2.75, 3.05) is 32.8 Å². The van der Waals surface area contributed by atoms with Crippen LogP contribution in [0.4, 0.5) is 5.95 Å². The number of amides is 1. The number of nitrogens with zero attached hydrogens (tertiary/aromatic N) is 2. The van der Waals surface area contributed by atoms with Crippen LogP contribution in [-0.4, -0.2) is 48.2 Å². The van der Waals surface area contributed by atoms with Gasteiger partial charge in [-0.15, -0.1) is 5.10 Å². The van der Waals surface area contributed by atoms with E-state index in [-0.39, 0.29) is 17.6 Å². The highest BCUT2D eigenvalue weighted by Crippen LogP contribution is 2.38. The maximum atomic E-state index is 11.9. The van der Waals surface area contributed by atoms with Crippen molar-refractivity contribution >= 4 is 23.6 Å². The van der Waals surface area contributed by atoms with Gasteiger partial charge in [-0.2, -0.15) is 4.98 Å². The number of H-pyrrole nitrogens is 1. The van der Waals surface area contributed by atoms with Crippen LogP contribution in [-0.2, 0) is 11.3 Å². The summed E-state index contributed by atoms with van der Waals surface area (Å²) in [7, 11) is 4.62. The minimum absolute atomic E-state index is 0.155. The van der Waals surface area contributed by atoms with Gasteiger partial charge in [-0.25, -0.2) is 5.10 Å². The molecule has 1 aromatic heterocycles. The fraction of sp³-hybridized carbons (Fsp3) is 0.357. The van der Waals surface area contributed by atoms with Crippen molar-refractivity contribution in [1.29, 1.82) is 0 Å². The normalized spacial score (nSPS) is 10.3. The zero-order valence-electron chi connectivity index (χ0n) is 13.6. The van der Waals surface area contributed by atoms with E-state index in [2.05, 4.69) is 20.5 Å². The van der Waals surface area contributed by atoms with Crippen LogP contribution in [0.2, 0.25) is 0 Å². The van der Waals surface area contributed by atoms with Crippen LogP contribution >= 0.6 is 11.8 Å². The van der Waals surface area contributed by atoms with E-state index in [9.17, 15) is 4.79 Å². The Balaban J connectivity index is 1.94. The summed E-state index contributed by atoms with van der Waals surface area (Å²) in [6, 6.07) is 3.56. The number of hydrogen-bond acceptors (Lipinski definition) is 8. The largest absolute Gasteiger partial charge is 0.493 e. The molecule has 0 radical (unpaired) electrons. The van der Waals surface area contributed by atoms with Crippen LogP contribution in [0, 0.1) is 0 Å². The first kappa shape index (κ1) is 17.7. The summed E-state index contributed by atoms with van der Waals surface area (Å²) in [5, 5.41) is 9.59. The number of nitrogen functional groups attached to an aromatic ring is 1. The number of hydrogen-bond donors (Lipinski definition) is 3. The SMILES string of the molecule is COc1cc(CNC(=O)CSc2n[nH]c(N)n2)cc(OC)c1OC. The number of thioether (sulfide) groups is 1. The molecule has 2 aromatic rings. The Morgan fingerprint density at radius 2 is 1.92 bits per heavy atom. The molecule has 0 unspecified atom stereocenters. The van der Waals surface area contributed by atoms with Gasteiger partial charge in [0.1, 0.15) is 0 Å². The molecule has 9 nitrogen and oxygen atoms in total. The van der Waals surface area contributed by atoms with Crippen molar-refractivity contribution in [2.45, 2.75) is 11.7 Å². The summed E-state index contributed by atoms with van der Waals surface area (Å²) in [6.45, 7) is 0.326. The number of anilines is 1. The lowest BCUT2D eigenvalue weighted by Gasteiger charge is -2.14. The first-order chi connectivity index (χ1) is 11.6. The van der Waals surface area contributed by atoms with Gasteiger partial charge in [0.05, 0.1) is 27.1 Å². The molecule has 0 fully saturated rings. The number of nitrogens with two attached hydrogens (primary N) is 1. The van der Waals surface area contributed by atoms with Crippen molar-refractivity contribution in [3.05, 3.63) is 17.7 Å². The predicted octanol–water partition coefficient (Wildman–Crippen LogP) is 0.821. The van der Waals surface area contributed by atoms with Crippen LogP contribution < -0.4 is 25.3 Å². The molecule has 10 heteroatoms. The van der Waals surface area contributed by atoms with E-state index in [0.29, 0.717) is 28.9 Å². The average Bonchev–Trinajstić information content (AvgIpc) is 3.02. The Hall–Kier alpha value is -2.62. The number of aromatic amines is 1. The van der Waals surface area contributed by atoms with E-state index in [1.807, 2.05) is 0 Å². The smallest absolute Gasteiger partial charge is 0.230 e. The van der Waals surface area contributed by atoms with E-state index < -0.39 is 0 Å². The summed E-state index contributed by atoms with van der Waals surface area (Å²) in [5.74, 6) is 1.82. The highest BCUT2D eigenvalue weighted by molar-refractivity contribution is 7.99. The predicted molar refractivity (Wildman–Crippen MR) is 89.5 cm³/mol. The molecule has 24 heavy (non-hydrogen) atoms. The average molecular weight is 353 g/mol. The minimum Gasteiger partial charge on any atom is -0.493 e. The first-order valence-electron chi connectivity index (χ1n) is 6.93. The number of methoxy groups -OCH3 is 3. The molecular weight excluding hydrogens is 334 g/mol. The number of nitrogens with one attached hydrogen (secondary N) is 2. The number of benzene rings is 1. The highest BCUT2D eigenvalue weighted by atomic mass is 32.2. The molecule has 0 aliphatic rings. The zero-order chi connectivity index (χ0) is 17.5. The van der Waals surface area contributed by atoms with Gasteiger partial charge in [0, 0.05) is 6.54 Å². The molecule has 2 rings (SSSR count). The lowest BCUT2D eigenvalue weighted by molar-refractivity contribution is -0.118. The number of aromatic nitrogens is 3. The third-order valence-electron chi connectivity index (χ3n) is 3.03. The van der Waals surface area contributed by atoms with Crippen molar-refractivity contribution in [2.24, 2.45) is 0 Å². The lowest BCUT2D eigenvalue weighted by atomic mass is 10.2. The molecule has 0 saturated heterocycles. The molecule has 0 atom stereocenters. The maximum absolute atomic E-state index is 11.9. The fourth-order valence-electron chi connectivity index (χ4n) is 1.94. The van der Waals surface area contributed by atoms with Gasteiger partial charge >= 0.3 is 0 Å². The topological polar surface area (TPSA) is 124 Å². The maximum Gasteiger partial charge on any atom is 0.230 e. The van der Waals surface area contributed by atoms with Crippen LogP contribution in [0.1, 0.15) is 5.56 Å². The number of carbonyl (C=O) groups excluding carboxylic acids is 1. The first-order valence-corrected chi connectivity index (χ1v) is 7.92. The standard InChI is InChI=1S/C14H19N5O4S/c1-21-9-4-8(5-10(22-2)12(9)23-3)6-16-11(20)7-24-14-17-13(15)18-19-14/h4-5H,6-7H2,1-3H3,(H,16,20)(H3,15,17,18,19). The summed E-state index contributed by atoms with van der Waals surface area (Å²) < 4.78 is 15.8. The van der Waals surface area contributed by atoms with E-state index in [1.165, 1.54) is 18.9 Å². The van der Waals surface area contributed by atoms with Crippen LogP contribution in [0.25, 0.3) is 0 Å². The second-order valence-electron chi connectivity index (χ2n) is 4.60. The Morgan fingerprint density at radius 3 is 2.42 bits per heavy atom.